The molecule has 0 saturated carbocycles. The maximum atomic E-state index is 12.8. The summed E-state index contributed by atoms with van der Waals surface area (Å²) in [6, 6.07) is 9.55. The van der Waals surface area contributed by atoms with Crippen molar-refractivity contribution < 1.29 is 18.8 Å². The van der Waals surface area contributed by atoms with Gasteiger partial charge in [-0.3, -0.25) is 14.4 Å². The highest BCUT2D eigenvalue weighted by Crippen LogP contribution is 2.29. The molecule has 1 aromatic heterocycles. The molecule has 2 fully saturated rings. The Labute approximate surface area is 176 Å². The molecule has 2 aromatic rings. The first-order chi connectivity index (χ1) is 14.6. The van der Waals surface area contributed by atoms with E-state index in [0.717, 1.165) is 17.7 Å². The van der Waals surface area contributed by atoms with Crippen molar-refractivity contribution in [2.24, 2.45) is 5.92 Å². The number of hydrogen-bond acceptors (Lipinski definition) is 4. The zero-order valence-corrected chi connectivity index (χ0v) is 17.2. The van der Waals surface area contributed by atoms with E-state index in [1.54, 1.807) is 15.9 Å². The summed E-state index contributed by atoms with van der Waals surface area (Å²) in [7, 11) is 0. The van der Waals surface area contributed by atoms with Gasteiger partial charge in [0.2, 0.25) is 11.8 Å². The molecule has 0 radical (unpaired) electrons. The summed E-state index contributed by atoms with van der Waals surface area (Å²) in [5.41, 5.74) is 2.57. The summed E-state index contributed by atoms with van der Waals surface area (Å²) >= 11 is 0. The SMILES string of the molecule is CCc1ccccc1N1C[C@@H](C(=O)NC2CCN(C(=O)c3ccoc3)CC2)CC1=O. The van der Waals surface area contributed by atoms with Crippen LogP contribution in [0.4, 0.5) is 5.69 Å². The first kappa shape index (κ1) is 20.2. The lowest BCUT2D eigenvalue weighted by atomic mass is 10.0. The van der Waals surface area contributed by atoms with Crippen LogP contribution in [-0.4, -0.2) is 48.3 Å². The average molecular weight is 409 g/mol. The lowest BCUT2D eigenvalue weighted by molar-refractivity contribution is -0.127. The minimum Gasteiger partial charge on any atom is -0.472 e. The van der Waals surface area contributed by atoms with Gasteiger partial charge in [0.15, 0.2) is 0 Å². The molecule has 0 aliphatic carbocycles. The number of nitrogens with zero attached hydrogens (tertiary/aromatic N) is 2. The van der Waals surface area contributed by atoms with E-state index < -0.39 is 0 Å². The van der Waals surface area contributed by atoms with Crippen molar-refractivity contribution in [3.63, 3.8) is 0 Å². The van der Waals surface area contributed by atoms with E-state index in [1.165, 1.54) is 12.5 Å². The van der Waals surface area contributed by atoms with E-state index >= 15 is 0 Å². The standard InChI is InChI=1S/C23H27N3O4/c1-2-16-5-3-4-6-20(16)26-14-18(13-21(26)27)22(28)24-19-7-10-25(11-8-19)23(29)17-9-12-30-15-17/h3-6,9,12,15,18-19H,2,7-8,10-11,13-14H2,1H3,(H,24,28)/t18-/m0/s1. The molecule has 3 amide bonds. The van der Waals surface area contributed by atoms with Crippen LogP contribution in [0.1, 0.15) is 42.1 Å². The molecule has 0 unspecified atom stereocenters. The molecular formula is C23H27N3O4. The highest BCUT2D eigenvalue weighted by atomic mass is 16.3. The number of rotatable bonds is 5. The molecule has 158 valence electrons. The van der Waals surface area contributed by atoms with Crippen LogP contribution in [0.15, 0.2) is 47.3 Å². The number of likely N-dealkylation sites (tertiary alicyclic amines) is 1. The van der Waals surface area contributed by atoms with Crippen LogP contribution >= 0.6 is 0 Å². The van der Waals surface area contributed by atoms with Gasteiger partial charge in [0.25, 0.3) is 5.91 Å². The Morgan fingerprint density at radius 2 is 1.93 bits per heavy atom. The maximum absolute atomic E-state index is 12.8. The van der Waals surface area contributed by atoms with Gasteiger partial charge in [-0.25, -0.2) is 0 Å². The minimum atomic E-state index is -0.340. The molecule has 1 atom stereocenters. The number of amides is 3. The van der Waals surface area contributed by atoms with E-state index in [0.29, 0.717) is 38.0 Å². The monoisotopic (exact) mass is 409 g/mol. The molecule has 1 N–H and O–H groups in total. The van der Waals surface area contributed by atoms with Crippen molar-refractivity contribution in [2.75, 3.05) is 24.5 Å². The van der Waals surface area contributed by atoms with E-state index in [4.69, 9.17) is 4.42 Å². The fourth-order valence-electron chi connectivity index (χ4n) is 4.30. The molecule has 2 aliphatic rings. The minimum absolute atomic E-state index is 0.00317. The molecule has 2 aliphatic heterocycles. The molecule has 1 aromatic carbocycles. The zero-order valence-electron chi connectivity index (χ0n) is 17.2. The second kappa shape index (κ2) is 8.73. The lowest BCUT2D eigenvalue weighted by Crippen LogP contribution is -2.48. The quantitative estimate of drug-likeness (QED) is 0.823. The Morgan fingerprint density at radius 1 is 1.17 bits per heavy atom. The highest BCUT2D eigenvalue weighted by Gasteiger charge is 2.37. The van der Waals surface area contributed by atoms with Crippen LogP contribution in [0.25, 0.3) is 0 Å². The van der Waals surface area contributed by atoms with Crippen molar-refractivity contribution in [3.8, 4) is 0 Å². The molecular weight excluding hydrogens is 382 g/mol. The molecule has 4 rings (SSSR count). The van der Waals surface area contributed by atoms with Crippen LogP contribution in [0.5, 0.6) is 0 Å². The summed E-state index contributed by atoms with van der Waals surface area (Å²) < 4.78 is 4.98. The number of nitrogens with one attached hydrogen (secondary N) is 1. The molecule has 7 nitrogen and oxygen atoms in total. The molecule has 2 saturated heterocycles. The Morgan fingerprint density at radius 3 is 2.63 bits per heavy atom. The number of carbonyl (C=O) groups excluding carboxylic acids is 3. The normalized spacial score (nSPS) is 19.9. The summed E-state index contributed by atoms with van der Waals surface area (Å²) in [5.74, 6) is -0.454. The third-order valence-corrected chi connectivity index (χ3v) is 6.06. The number of carbonyl (C=O) groups is 3. The van der Waals surface area contributed by atoms with Crippen LogP contribution < -0.4 is 10.2 Å². The van der Waals surface area contributed by atoms with Crippen LogP contribution in [0, 0.1) is 5.92 Å². The first-order valence-corrected chi connectivity index (χ1v) is 10.6. The van der Waals surface area contributed by atoms with Crippen molar-refractivity contribution in [2.45, 2.75) is 38.6 Å². The van der Waals surface area contributed by atoms with Crippen molar-refractivity contribution in [1.82, 2.24) is 10.2 Å². The van der Waals surface area contributed by atoms with Crippen LogP contribution in [0.3, 0.4) is 0 Å². The van der Waals surface area contributed by atoms with Crippen LogP contribution in [0.2, 0.25) is 0 Å². The predicted molar refractivity (Wildman–Crippen MR) is 112 cm³/mol. The fraction of sp³-hybridized carbons (Fsp3) is 0.435. The number of furan rings is 1. The highest BCUT2D eigenvalue weighted by molar-refractivity contribution is 6.01. The van der Waals surface area contributed by atoms with Gasteiger partial charge in [0, 0.05) is 37.8 Å². The van der Waals surface area contributed by atoms with Gasteiger partial charge in [-0.15, -0.1) is 0 Å². The van der Waals surface area contributed by atoms with Gasteiger partial charge in [-0.2, -0.15) is 0 Å². The van der Waals surface area contributed by atoms with Gasteiger partial charge in [0.1, 0.15) is 6.26 Å². The number of para-hydroxylation sites is 1. The zero-order chi connectivity index (χ0) is 21.1. The second-order valence-corrected chi connectivity index (χ2v) is 7.97. The van der Waals surface area contributed by atoms with Crippen molar-refractivity contribution >= 4 is 23.4 Å². The van der Waals surface area contributed by atoms with Crippen molar-refractivity contribution in [1.29, 1.82) is 0 Å². The van der Waals surface area contributed by atoms with Gasteiger partial charge in [0.05, 0.1) is 17.7 Å². The first-order valence-electron chi connectivity index (χ1n) is 10.6. The van der Waals surface area contributed by atoms with Gasteiger partial charge in [-0.1, -0.05) is 25.1 Å². The van der Waals surface area contributed by atoms with E-state index in [9.17, 15) is 14.4 Å². The number of anilines is 1. The number of benzene rings is 1. The number of aryl methyl sites for hydroxylation is 1. The van der Waals surface area contributed by atoms with Gasteiger partial charge in [-0.05, 0) is 37.0 Å². The lowest BCUT2D eigenvalue weighted by Gasteiger charge is -2.32. The van der Waals surface area contributed by atoms with Crippen LogP contribution in [-0.2, 0) is 16.0 Å². The molecule has 30 heavy (non-hydrogen) atoms. The molecule has 0 bridgehead atoms. The summed E-state index contributed by atoms with van der Waals surface area (Å²) in [6.45, 7) is 3.66. The van der Waals surface area contributed by atoms with E-state index in [1.807, 2.05) is 24.3 Å². The second-order valence-electron chi connectivity index (χ2n) is 7.97. The number of hydrogen-bond donors (Lipinski definition) is 1. The smallest absolute Gasteiger partial charge is 0.257 e. The Bertz CT molecular complexity index is 916. The summed E-state index contributed by atoms with van der Waals surface area (Å²) in [4.78, 5) is 41.3. The fourth-order valence-corrected chi connectivity index (χ4v) is 4.30. The Balaban J connectivity index is 1.31. The average Bonchev–Trinajstić information content (AvgIpc) is 3.44. The van der Waals surface area contributed by atoms with E-state index in [2.05, 4.69) is 12.2 Å². The number of piperidine rings is 1. The summed E-state index contributed by atoms with van der Waals surface area (Å²) in [5, 5.41) is 3.10. The Kier molecular flexibility index (Phi) is 5.88. The maximum Gasteiger partial charge on any atom is 0.257 e. The van der Waals surface area contributed by atoms with Crippen molar-refractivity contribution in [3.05, 3.63) is 54.0 Å². The largest absolute Gasteiger partial charge is 0.472 e. The third kappa shape index (κ3) is 4.10. The summed E-state index contributed by atoms with van der Waals surface area (Å²) in [6.07, 6.45) is 5.44. The molecule has 3 heterocycles. The topological polar surface area (TPSA) is 82.9 Å². The van der Waals surface area contributed by atoms with Gasteiger partial charge < -0.3 is 19.5 Å². The van der Waals surface area contributed by atoms with E-state index in [-0.39, 0.29) is 36.1 Å². The predicted octanol–water partition coefficient (Wildman–Crippen LogP) is 2.62. The Hall–Kier alpha value is -3.09. The van der Waals surface area contributed by atoms with Gasteiger partial charge >= 0.3 is 0 Å². The molecule has 0 spiro atoms. The molecule has 7 heteroatoms. The third-order valence-electron chi connectivity index (χ3n) is 6.06.